The Kier molecular flexibility index (Phi) is 8.51. The Morgan fingerprint density at radius 3 is 2.68 bits per heavy atom. The van der Waals surface area contributed by atoms with Crippen molar-refractivity contribution in [3.05, 3.63) is 66.0 Å². The van der Waals surface area contributed by atoms with Crippen LogP contribution >= 0.6 is 0 Å². The SMILES string of the molecule is CCCC(CN(C)CC#N)n1nc(-c2ccc(CNC(=O)c3ccccc3OC)cc2)c2c(N)ncnc21. The van der Waals surface area contributed by atoms with Crippen molar-refractivity contribution >= 4 is 22.8 Å². The minimum Gasteiger partial charge on any atom is -0.496 e. The Balaban J connectivity index is 1.60. The van der Waals surface area contributed by atoms with E-state index in [1.54, 1.807) is 25.3 Å². The summed E-state index contributed by atoms with van der Waals surface area (Å²) in [6.45, 7) is 3.48. The van der Waals surface area contributed by atoms with Crippen LogP contribution in [-0.2, 0) is 6.54 Å². The number of fused-ring (bicyclic) bond motifs is 1. The molecule has 0 bridgehead atoms. The maximum atomic E-state index is 12.7. The summed E-state index contributed by atoms with van der Waals surface area (Å²) in [6, 6.07) is 17.2. The summed E-state index contributed by atoms with van der Waals surface area (Å²) in [7, 11) is 3.47. The molecule has 10 heteroatoms. The molecule has 0 radical (unpaired) electrons. The van der Waals surface area contributed by atoms with E-state index in [4.69, 9.17) is 20.8 Å². The number of nitrogens with zero attached hydrogens (tertiary/aromatic N) is 6. The van der Waals surface area contributed by atoms with Crippen LogP contribution in [0.5, 0.6) is 5.75 Å². The van der Waals surface area contributed by atoms with Gasteiger partial charge in [0.25, 0.3) is 5.91 Å². The minimum atomic E-state index is -0.204. The number of likely N-dealkylation sites (N-methyl/N-ethyl adjacent to an activating group) is 1. The van der Waals surface area contributed by atoms with Crippen LogP contribution in [0.25, 0.3) is 22.3 Å². The summed E-state index contributed by atoms with van der Waals surface area (Å²) in [5, 5.41) is 17.7. The standard InChI is InChI=1S/C28H32N8O2/c1-4-7-21(17-35(2)15-14-29)36-27-24(26(30)32-18-33-27)25(34-36)20-12-10-19(11-13-20)16-31-28(37)22-8-5-6-9-23(22)38-3/h5-6,8-13,18,21H,4,7,15-17H2,1-3H3,(H,31,37)(H2,30,32,33). The van der Waals surface area contributed by atoms with Gasteiger partial charge in [-0.1, -0.05) is 49.7 Å². The highest BCUT2D eigenvalue weighted by Gasteiger charge is 2.23. The number of aromatic nitrogens is 4. The molecule has 4 rings (SSSR count). The first kappa shape index (κ1) is 26.6. The third kappa shape index (κ3) is 5.74. The van der Waals surface area contributed by atoms with Gasteiger partial charge in [0.15, 0.2) is 5.65 Å². The smallest absolute Gasteiger partial charge is 0.255 e. The van der Waals surface area contributed by atoms with Crippen molar-refractivity contribution in [1.29, 1.82) is 5.26 Å². The Hall–Kier alpha value is -4.49. The molecule has 2 heterocycles. The second-order valence-corrected chi connectivity index (χ2v) is 9.13. The van der Waals surface area contributed by atoms with Crippen molar-refractivity contribution in [2.45, 2.75) is 32.4 Å². The zero-order valence-corrected chi connectivity index (χ0v) is 21.9. The Morgan fingerprint density at radius 1 is 1.21 bits per heavy atom. The molecular formula is C28H32N8O2. The van der Waals surface area contributed by atoms with Gasteiger partial charge in [-0.15, -0.1) is 0 Å². The second kappa shape index (κ2) is 12.2. The Labute approximate surface area is 222 Å². The first-order valence-corrected chi connectivity index (χ1v) is 12.5. The number of nitrogens with one attached hydrogen (secondary N) is 1. The lowest BCUT2D eigenvalue weighted by molar-refractivity contribution is 0.0948. The van der Waals surface area contributed by atoms with Gasteiger partial charge in [-0.3, -0.25) is 9.69 Å². The highest BCUT2D eigenvalue weighted by molar-refractivity contribution is 5.98. The van der Waals surface area contributed by atoms with Gasteiger partial charge in [0.05, 0.1) is 36.7 Å². The van der Waals surface area contributed by atoms with Crippen LogP contribution in [0.3, 0.4) is 0 Å². The molecule has 0 spiro atoms. The Morgan fingerprint density at radius 2 is 1.97 bits per heavy atom. The van der Waals surface area contributed by atoms with Crippen LogP contribution in [0.1, 0.15) is 41.7 Å². The number of amides is 1. The predicted molar refractivity (Wildman–Crippen MR) is 146 cm³/mol. The first-order valence-electron chi connectivity index (χ1n) is 12.5. The normalized spacial score (nSPS) is 11.9. The lowest BCUT2D eigenvalue weighted by Gasteiger charge is -2.22. The monoisotopic (exact) mass is 512 g/mol. The quantitative estimate of drug-likeness (QED) is 0.290. The fourth-order valence-corrected chi connectivity index (χ4v) is 4.51. The van der Waals surface area contributed by atoms with Gasteiger partial charge < -0.3 is 15.8 Å². The zero-order valence-electron chi connectivity index (χ0n) is 21.9. The molecule has 0 aliphatic carbocycles. The number of methoxy groups -OCH3 is 1. The minimum absolute atomic E-state index is 0.0216. The van der Waals surface area contributed by atoms with Gasteiger partial charge in [-0.05, 0) is 31.2 Å². The Bertz CT molecular complexity index is 1440. The number of nitrogens with two attached hydrogens (primary N) is 1. The third-order valence-corrected chi connectivity index (χ3v) is 6.38. The average Bonchev–Trinajstić information content (AvgIpc) is 3.33. The van der Waals surface area contributed by atoms with E-state index in [0.717, 1.165) is 24.0 Å². The highest BCUT2D eigenvalue weighted by atomic mass is 16.5. The van der Waals surface area contributed by atoms with E-state index in [1.807, 2.05) is 47.0 Å². The molecule has 0 saturated heterocycles. The van der Waals surface area contributed by atoms with E-state index in [-0.39, 0.29) is 11.9 Å². The van der Waals surface area contributed by atoms with Gasteiger partial charge in [-0.2, -0.15) is 10.4 Å². The number of ether oxygens (including phenoxy) is 1. The first-order chi connectivity index (χ1) is 18.5. The fourth-order valence-electron chi connectivity index (χ4n) is 4.51. The van der Waals surface area contributed by atoms with E-state index >= 15 is 0 Å². The lowest BCUT2D eigenvalue weighted by Crippen LogP contribution is -2.28. The van der Waals surface area contributed by atoms with E-state index in [1.165, 1.54) is 6.33 Å². The van der Waals surface area contributed by atoms with Crippen molar-refractivity contribution in [1.82, 2.24) is 30.0 Å². The van der Waals surface area contributed by atoms with Crippen molar-refractivity contribution in [2.75, 3.05) is 33.0 Å². The number of carbonyl (C=O) groups is 1. The molecule has 3 N–H and O–H groups in total. The van der Waals surface area contributed by atoms with Crippen LogP contribution in [0, 0.1) is 11.3 Å². The molecule has 1 atom stereocenters. The number of para-hydroxylation sites is 1. The number of rotatable bonds is 11. The van der Waals surface area contributed by atoms with Crippen LogP contribution in [0.15, 0.2) is 54.9 Å². The van der Waals surface area contributed by atoms with Crippen molar-refractivity contribution in [3.8, 4) is 23.1 Å². The molecule has 196 valence electrons. The molecule has 10 nitrogen and oxygen atoms in total. The van der Waals surface area contributed by atoms with Crippen molar-refractivity contribution in [3.63, 3.8) is 0 Å². The van der Waals surface area contributed by atoms with Crippen LogP contribution < -0.4 is 15.8 Å². The summed E-state index contributed by atoms with van der Waals surface area (Å²) < 4.78 is 7.21. The number of anilines is 1. The molecule has 0 aliphatic rings. The molecule has 2 aromatic heterocycles. The van der Waals surface area contributed by atoms with E-state index < -0.39 is 0 Å². The summed E-state index contributed by atoms with van der Waals surface area (Å²) in [4.78, 5) is 23.4. The number of hydrogen-bond donors (Lipinski definition) is 2. The molecule has 0 saturated carbocycles. The van der Waals surface area contributed by atoms with Crippen LogP contribution in [-0.4, -0.2) is 57.8 Å². The van der Waals surface area contributed by atoms with Crippen molar-refractivity contribution in [2.24, 2.45) is 0 Å². The number of benzene rings is 2. The van der Waals surface area contributed by atoms with Gasteiger partial charge in [0.2, 0.25) is 0 Å². The summed E-state index contributed by atoms with van der Waals surface area (Å²) in [5.41, 5.74) is 9.97. The summed E-state index contributed by atoms with van der Waals surface area (Å²) in [6.07, 6.45) is 3.29. The predicted octanol–water partition coefficient (Wildman–Crippen LogP) is 3.81. The molecular weight excluding hydrogens is 480 g/mol. The largest absolute Gasteiger partial charge is 0.496 e. The zero-order chi connectivity index (χ0) is 27.1. The number of nitrogen functional groups attached to an aromatic ring is 1. The van der Waals surface area contributed by atoms with Crippen molar-refractivity contribution < 1.29 is 9.53 Å². The van der Waals surface area contributed by atoms with Gasteiger partial charge >= 0.3 is 0 Å². The van der Waals surface area contributed by atoms with Crippen LogP contribution in [0.4, 0.5) is 5.82 Å². The lowest BCUT2D eigenvalue weighted by atomic mass is 10.1. The molecule has 1 unspecified atom stereocenters. The number of carbonyl (C=O) groups excluding carboxylic acids is 1. The van der Waals surface area contributed by atoms with Gasteiger partial charge in [0, 0.05) is 18.7 Å². The van der Waals surface area contributed by atoms with Gasteiger partial charge in [-0.25, -0.2) is 14.6 Å². The third-order valence-electron chi connectivity index (χ3n) is 6.38. The van der Waals surface area contributed by atoms with Gasteiger partial charge in [0.1, 0.15) is 23.6 Å². The highest BCUT2D eigenvalue weighted by Crippen LogP contribution is 2.33. The van der Waals surface area contributed by atoms with Crippen LogP contribution in [0.2, 0.25) is 0 Å². The average molecular weight is 513 g/mol. The van der Waals surface area contributed by atoms with E-state index in [2.05, 4.69) is 28.3 Å². The molecule has 38 heavy (non-hydrogen) atoms. The second-order valence-electron chi connectivity index (χ2n) is 9.13. The number of hydrogen-bond acceptors (Lipinski definition) is 8. The summed E-state index contributed by atoms with van der Waals surface area (Å²) in [5.74, 6) is 0.692. The van der Waals surface area contributed by atoms with E-state index in [0.29, 0.717) is 53.5 Å². The van der Waals surface area contributed by atoms with E-state index in [9.17, 15) is 4.79 Å². The maximum Gasteiger partial charge on any atom is 0.255 e. The maximum absolute atomic E-state index is 12.7. The molecule has 4 aromatic rings. The molecule has 0 aliphatic heterocycles. The molecule has 2 aromatic carbocycles. The summed E-state index contributed by atoms with van der Waals surface area (Å²) >= 11 is 0. The number of nitriles is 1. The topological polar surface area (TPSA) is 135 Å². The molecule has 0 fully saturated rings. The fraction of sp³-hybridized carbons (Fsp3) is 0.321. The molecule has 1 amide bonds.